The molecule has 0 radical (unpaired) electrons. The molecule has 1 N–H and O–H groups in total. The van der Waals surface area contributed by atoms with E-state index < -0.39 is 31.8 Å². The number of aryl methyl sites for hydroxylation is 1. The Bertz CT molecular complexity index is 1520. The number of hydrogen-bond acceptors (Lipinski definition) is 3. The number of benzene rings is 3. The van der Waals surface area contributed by atoms with Crippen LogP contribution in [0.4, 0.5) is 0 Å². The molecular weight excluding hydrogens is 568 g/mol. The summed E-state index contributed by atoms with van der Waals surface area (Å²) in [6.45, 7) is 7.47. The van der Waals surface area contributed by atoms with Crippen molar-refractivity contribution in [3.05, 3.63) is 99.1 Å². The van der Waals surface area contributed by atoms with E-state index in [1.807, 2.05) is 58.0 Å². The predicted molar refractivity (Wildman–Crippen MR) is 148 cm³/mol. The van der Waals surface area contributed by atoms with Crippen LogP contribution in [0.3, 0.4) is 0 Å². The largest absolute Gasteiger partial charge is 0.268 e. The molecule has 2 unspecified atom stereocenters. The second-order valence-electron chi connectivity index (χ2n) is 9.28. The van der Waals surface area contributed by atoms with Crippen molar-refractivity contribution >= 4 is 59.4 Å². The maximum absolute atomic E-state index is 14.1. The first-order valence-electron chi connectivity index (χ1n) is 11.0. The molecule has 0 aliphatic heterocycles. The average Bonchev–Trinajstić information content (AvgIpc) is 3.19. The van der Waals surface area contributed by atoms with Gasteiger partial charge in [-0.1, -0.05) is 59.6 Å². The highest BCUT2D eigenvalue weighted by molar-refractivity contribution is 9.10. The van der Waals surface area contributed by atoms with Gasteiger partial charge in [0, 0.05) is 14.9 Å². The van der Waals surface area contributed by atoms with E-state index in [1.165, 1.54) is 3.97 Å². The third-order valence-electron chi connectivity index (χ3n) is 5.61. The summed E-state index contributed by atoms with van der Waals surface area (Å²) in [6, 6.07) is 20.5. The highest BCUT2D eigenvalue weighted by Crippen LogP contribution is 2.38. The smallest absolute Gasteiger partial charge is 0.242 e. The minimum Gasteiger partial charge on any atom is -0.242 e. The van der Waals surface area contributed by atoms with Crippen molar-refractivity contribution in [2.45, 2.75) is 43.4 Å². The van der Waals surface area contributed by atoms with Crippen LogP contribution in [-0.4, -0.2) is 21.3 Å². The fourth-order valence-electron chi connectivity index (χ4n) is 3.76. The Kier molecular flexibility index (Phi) is 7.33. The molecule has 0 bridgehead atoms. The fraction of sp³-hybridized carbons (Fsp3) is 0.231. The number of hydrogen-bond donors (Lipinski definition) is 1. The van der Waals surface area contributed by atoms with Gasteiger partial charge in [-0.05, 0) is 79.5 Å². The summed E-state index contributed by atoms with van der Waals surface area (Å²) in [7, 11) is -5.54. The van der Waals surface area contributed by atoms with Crippen LogP contribution in [0.15, 0.2) is 82.2 Å². The summed E-state index contributed by atoms with van der Waals surface area (Å²) in [4.78, 5) is 0.160. The van der Waals surface area contributed by atoms with Gasteiger partial charge in [-0.25, -0.2) is 21.3 Å². The lowest BCUT2D eigenvalue weighted by Gasteiger charge is -2.26. The third kappa shape index (κ3) is 5.13. The lowest BCUT2D eigenvalue weighted by Crippen LogP contribution is -2.37. The van der Waals surface area contributed by atoms with Crippen molar-refractivity contribution in [1.82, 2.24) is 8.69 Å². The molecular formula is C26H26BrClN2O3S2. The number of fused-ring (bicyclic) bond motifs is 1. The molecule has 0 amide bonds. The SMILES string of the molecule is Cc1ccc(S(=O)(=O)n2c(C(NS(=O)C(C)(C)C)c3ccccc3Cl)cc3cccc(Br)c32)cc1. The van der Waals surface area contributed by atoms with E-state index in [2.05, 4.69) is 20.7 Å². The number of halogens is 2. The monoisotopic (exact) mass is 592 g/mol. The quantitative estimate of drug-likeness (QED) is 0.269. The molecule has 0 saturated heterocycles. The summed E-state index contributed by atoms with van der Waals surface area (Å²) in [6.07, 6.45) is 0. The van der Waals surface area contributed by atoms with Gasteiger partial charge < -0.3 is 0 Å². The van der Waals surface area contributed by atoms with Crippen molar-refractivity contribution in [1.29, 1.82) is 0 Å². The second kappa shape index (κ2) is 9.82. The van der Waals surface area contributed by atoms with Crippen molar-refractivity contribution in [2.75, 3.05) is 0 Å². The van der Waals surface area contributed by atoms with E-state index in [-0.39, 0.29) is 4.90 Å². The van der Waals surface area contributed by atoms with Gasteiger partial charge in [0.25, 0.3) is 10.0 Å². The van der Waals surface area contributed by atoms with Gasteiger partial charge >= 0.3 is 0 Å². The van der Waals surface area contributed by atoms with E-state index in [9.17, 15) is 12.6 Å². The van der Waals surface area contributed by atoms with Gasteiger partial charge in [0.2, 0.25) is 0 Å². The van der Waals surface area contributed by atoms with Gasteiger partial charge in [-0.2, -0.15) is 0 Å². The summed E-state index contributed by atoms with van der Waals surface area (Å²) in [5, 5.41) is 1.17. The first-order valence-corrected chi connectivity index (χ1v) is 14.7. The molecule has 1 heterocycles. The Balaban J connectivity index is 2.06. The molecule has 3 aromatic carbocycles. The molecule has 0 fully saturated rings. The van der Waals surface area contributed by atoms with E-state index in [1.54, 1.807) is 42.5 Å². The van der Waals surface area contributed by atoms with Gasteiger partial charge in [0.1, 0.15) is 0 Å². The summed E-state index contributed by atoms with van der Waals surface area (Å²) in [5.74, 6) is 0. The standard InChI is InChI=1S/C26H26BrClN2O3S2/c1-17-12-14-19(15-13-17)35(32,33)30-23(16-18-8-7-10-21(27)25(18)30)24(29-34(31)26(2,3)4)20-9-5-6-11-22(20)28/h5-16,24,29H,1-4H3. The van der Waals surface area contributed by atoms with Crippen LogP contribution in [0.1, 0.15) is 43.6 Å². The van der Waals surface area contributed by atoms with Crippen LogP contribution in [0, 0.1) is 6.92 Å². The van der Waals surface area contributed by atoms with Crippen molar-refractivity contribution in [3.8, 4) is 0 Å². The molecule has 184 valence electrons. The molecule has 2 atom stereocenters. The van der Waals surface area contributed by atoms with Crippen molar-refractivity contribution in [3.63, 3.8) is 0 Å². The highest BCUT2D eigenvalue weighted by Gasteiger charge is 2.32. The van der Waals surface area contributed by atoms with E-state index >= 15 is 0 Å². The number of nitrogens with one attached hydrogen (secondary N) is 1. The minimum absolute atomic E-state index is 0.160. The van der Waals surface area contributed by atoms with Gasteiger partial charge in [-0.3, -0.25) is 0 Å². The zero-order valence-electron chi connectivity index (χ0n) is 19.7. The van der Waals surface area contributed by atoms with Crippen LogP contribution in [-0.2, 0) is 21.0 Å². The molecule has 9 heteroatoms. The van der Waals surface area contributed by atoms with Crippen LogP contribution in [0.2, 0.25) is 5.02 Å². The van der Waals surface area contributed by atoms with Crippen molar-refractivity contribution < 1.29 is 12.6 Å². The molecule has 0 spiro atoms. The Morgan fingerprint density at radius 3 is 2.29 bits per heavy atom. The van der Waals surface area contributed by atoms with Gasteiger partial charge in [-0.15, -0.1) is 0 Å². The molecule has 5 nitrogen and oxygen atoms in total. The highest BCUT2D eigenvalue weighted by atomic mass is 79.9. The first kappa shape index (κ1) is 26.1. The molecule has 35 heavy (non-hydrogen) atoms. The topological polar surface area (TPSA) is 68.2 Å². The zero-order valence-corrected chi connectivity index (χ0v) is 23.7. The normalized spacial score (nSPS) is 14.2. The summed E-state index contributed by atoms with van der Waals surface area (Å²) in [5.41, 5.74) is 2.51. The summed E-state index contributed by atoms with van der Waals surface area (Å²) < 4.78 is 46.0. The van der Waals surface area contributed by atoms with E-state index in [0.717, 1.165) is 10.9 Å². The van der Waals surface area contributed by atoms with Crippen LogP contribution in [0.5, 0.6) is 0 Å². The predicted octanol–water partition coefficient (Wildman–Crippen LogP) is 6.74. The van der Waals surface area contributed by atoms with E-state index in [4.69, 9.17) is 11.6 Å². The lowest BCUT2D eigenvalue weighted by atomic mass is 10.0. The first-order chi connectivity index (χ1) is 16.4. The van der Waals surface area contributed by atoms with Crippen LogP contribution in [0.25, 0.3) is 10.9 Å². The Hall–Kier alpha value is -1.97. The molecule has 4 rings (SSSR count). The lowest BCUT2D eigenvalue weighted by molar-refractivity contribution is 0.581. The molecule has 0 aliphatic rings. The Morgan fingerprint density at radius 2 is 1.66 bits per heavy atom. The maximum Gasteiger partial charge on any atom is 0.268 e. The number of rotatable bonds is 6. The molecule has 1 aromatic heterocycles. The average molecular weight is 594 g/mol. The fourth-order valence-corrected chi connectivity index (χ4v) is 7.07. The maximum atomic E-state index is 14.1. The second-order valence-corrected chi connectivity index (χ2v) is 14.3. The van der Waals surface area contributed by atoms with Crippen LogP contribution < -0.4 is 4.72 Å². The van der Waals surface area contributed by atoms with Crippen molar-refractivity contribution in [2.24, 2.45) is 0 Å². The summed E-state index contributed by atoms with van der Waals surface area (Å²) >= 11 is 10.1. The minimum atomic E-state index is -4.02. The number of nitrogens with zero attached hydrogens (tertiary/aromatic N) is 1. The molecule has 0 saturated carbocycles. The molecule has 0 aliphatic carbocycles. The third-order valence-corrected chi connectivity index (χ3v) is 9.90. The molecule has 4 aromatic rings. The Morgan fingerprint density at radius 1 is 1.00 bits per heavy atom. The number of aromatic nitrogens is 1. The van der Waals surface area contributed by atoms with E-state index in [0.29, 0.717) is 26.3 Å². The number of para-hydroxylation sites is 1. The van der Waals surface area contributed by atoms with Gasteiger partial charge in [0.15, 0.2) is 0 Å². The van der Waals surface area contributed by atoms with Gasteiger partial charge in [0.05, 0.1) is 37.9 Å². The van der Waals surface area contributed by atoms with Crippen LogP contribution >= 0.6 is 27.5 Å². The Labute approximate surface area is 222 Å². The zero-order chi connectivity index (χ0) is 25.5.